The van der Waals surface area contributed by atoms with Gasteiger partial charge in [0.05, 0.1) is 0 Å². The van der Waals surface area contributed by atoms with Crippen LogP contribution in [0.1, 0.15) is 258 Å². The van der Waals surface area contributed by atoms with Crippen LogP contribution in [0.25, 0.3) is 0 Å². The van der Waals surface area contributed by atoms with Crippen molar-refractivity contribution in [2.75, 3.05) is 13.2 Å². The fraction of sp³-hybridized carbons (Fsp3) is 0.597. The molecule has 0 bridgehead atoms. The molecule has 0 fully saturated rings. The van der Waals surface area contributed by atoms with E-state index in [1.54, 1.807) is 0 Å². The molecule has 0 spiro atoms. The first-order valence-corrected chi connectivity index (χ1v) is 31.5. The lowest BCUT2D eigenvalue weighted by atomic mass is 10.1. The SMILES string of the molecule is CC/C=C\C/C=C\C/C=C\C/C=C\C/C=C\C/C=C\C/C=C\C/C=C\CCCCCCCCCCCCC(=O)OCC(COC(=O)CCCCCCCCCC)OC(=O)CCC/C=C\C/C=C\C/C=C\C/C=C\C/C=C\CC. The van der Waals surface area contributed by atoms with Crippen molar-refractivity contribution < 1.29 is 28.6 Å². The summed E-state index contributed by atoms with van der Waals surface area (Å²) in [6.45, 7) is 6.32. The number of hydrogen-bond acceptors (Lipinski definition) is 6. The first-order chi connectivity index (χ1) is 38.5. The lowest BCUT2D eigenvalue weighted by molar-refractivity contribution is -0.167. The number of carbonyl (C=O) groups is 3. The van der Waals surface area contributed by atoms with Gasteiger partial charge in [-0.25, -0.2) is 0 Å². The van der Waals surface area contributed by atoms with Gasteiger partial charge >= 0.3 is 17.9 Å². The van der Waals surface area contributed by atoms with E-state index in [1.807, 2.05) is 0 Å². The first-order valence-electron chi connectivity index (χ1n) is 31.5. The van der Waals surface area contributed by atoms with E-state index in [-0.39, 0.29) is 37.5 Å². The van der Waals surface area contributed by atoms with Gasteiger partial charge in [-0.2, -0.15) is 0 Å². The van der Waals surface area contributed by atoms with E-state index in [2.05, 4.69) is 179 Å². The highest BCUT2D eigenvalue weighted by Gasteiger charge is 2.19. The average Bonchev–Trinajstić information content (AvgIpc) is 3.44. The van der Waals surface area contributed by atoms with E-state index in [4.69, 9.17) is 14.2 Å². The third-order valence-corrected chi connectivity index (χ3v) is 12.8. The van der Waals surface area contributed by atoms with Gasteiger partial charge in [0, 0.05) is 19.3 Å². The Morgan fingerprint density at radius 1 is 0.269 bits per heavy atom. The van der Waals surface area contributed by atoms with Gasteiger partial charge in [0.25, 0.3) is 0 Å². The van der Waals surface area contributed by atoms with Crippen LogP contribution in [0.5, 0.6) is 0 Å². The van der Waals surface area contributed by atoms with Gasteiger partial charge in [0.2, 0.25) is 0 Å². The molecule has 0 heterocycles. The van der Waals surface area contributed by atoms with Crippen molar-refractivity contribution in [1.29, 1.82) is 0 Å². The molecular weight excluding hydrogens is 961 g/mol. The minimum absolute atomic E-state index is 0.105. The van der Waals surface area contributed by atoms with Gasteiger partial charge in [-0.05, 0) is 122 Å². The van der Waals surface area contributed by atoms with Gasteiger partial charge in [0.15, 0.2) is 6.10 Å². The second-order valence-corrected chi connectivity index (χ2v) is 20.2. The molecule has 0 aromatic carbocycles. The molecule has 6 heteroatoms. The van der Waals surface area contributed by atoms with Gasteiger partial charge in [-0.15, -0.1) is 0 Å². The summed E-state index contributed by atoms with van der Waals surface area (Å²) >= 11 is 0. The zero-order chi connectivity index (χ0) is 56.4. The molecule has 0 saturated carbocycles. The maximum atomic E-state index is 12.8. The Bertz CT molecular complexity index is 1760. The largest absolute Gasteiger partial charge is 0.462 e. The van der Waals surface area contributed by atoms with Gasteiger partial charge < -0.3 is 14.2 Å². The topological polar surface area (TPSA) is 78.9 Å². The van der Waals surface area contributed by atoms with Crippen LogP contribution in [0, 0.1) is 0 Å². The molecule has 0 rings (SSSR count). The van der Waals surface area contributed by atoms with Crippen LogP contribution in [0.2, 0.25) is 0 Å². The third-order valence-electron chi connectivity index (χ3n) is 12.8. The molecule has 1 atom stereocenters. The number of esters is 3. The summed E-state index contributed by atoms with van der Waals surface area (Å²) in [5.41, 5.74) is 0. The third kappa shape index (κ3) is 61.9. The number of allylic oxidation sites excluding steroid dienone is 26. The van der Waals surface area contributed by atoms with Crippen molar-refractivity contribution in [1.82, 2.24) is 0 Å². The van der Waals surface area contributed by atoms with E-state index in [0.717, 1.165) is 135 Å². The summed E-state index contributed by atoms with van der Waals surface area (Å²) < 4.78 is 16.8. The number of carbonyl (C=O) groups excluding carboxylic acids is 3. The summed E-state index contributed by atoms with van der Waals surface area (Å²) in [6, 6.07) is 0. The van der Waals surface area contributed by atoms with E-state index in [9.17, 15) is 14.4 Å². The molecule has 0 radical (unpaired) electrons. The van der Waals surface area contributed by atoms with Crippen LogP contribution in [0.4, 0.5) is 0 Å². The molecule has 0 saturated heterocycles. The predicted molar refractivity (Wildman–Crippen MR) is 338 cm³/mol. The second kappa shape index (κ2) is 64.6. The van der Waals surface area contributed by atoms with Gasteiger partial charge in [-0.1, -0.05) is 275 Å². The number of unbranched alkanes of at least 4 members (excludes halogenated alkanes) is 18. The number of ether oxygens (including phenoxy) is 3. The molecule has 438 valence electrons. The van der Waals surface area contributed by atoms with Crippen molar-refractivity contribution in [3.05, 3.63) is 158 Å². The smallest absolute Gasteiger partial charge is 0.306 e. The molecule has 0 aromatic heterocycles. The molecule has 0 amide bonds. The van der Waals surface area contributed by atoms with Crippen LogP contribution < -0.4 is 0 Å². The molecule has 0 aliphatic heterocycles. The Hall–Kier alpha value is -4.97. The van der Waals surface area contributed by atoms with E-state index < -0.39 is 6.10 Å². The Labute approximate surface area is 480 Å². The van der Waals surface area contributed by atoms with Crippen LogP contribution in [-0.4, -0.2) is 37.2 Å². The first kappa shape index (κ1) is 73.0. The molecule has 0 N–H and O–H groups in total. The fourth-order valence-electron chi connectivity index (χ4n) is 8.14. The molecular formula is C72H114O6. The van der Waals surface area contributed by atoms with E-state index in [0.29, 0.717) is 19.3 Å². The van der Waals surface area contributed by atoms with Crippen molar-refractivity contribution in [2.24, 2.45) is 0 Å². The zero-order valence-electron chi connectivity index (χ0n) is 50.1. The minimum Gasteiger partial charge on any atom is -0.462 e. The van der Waals surface area contributed by atoms with Gasteiger partial charge in [-0.3, -0.25) is 14.4 Å². The molecule has 0 aliphatic rings. The summed E-state index contributed by atoms with van der Waals surface area (Å²) in [4.78, 5) is 38.0. The molecule has 0 aromatic rings. The van der Waals surface area contributed by atoms with Crippen LogP contribution in [0.3, 0.4) is 0 Å². The molecule has 78 heavy (non-hydrogen) atoms. The Balaban J connectivity index is 4.20. The monoisotopic (exact) mass is 1070 g/mol. The number of hydrogen-bond donors (Lipinski definition) is 0. The standard InChI is InChI=1S/C72H114O6/c1-4-7-10-13-16-19-21-23-25-27-28-29-30-31-32-33-34-35-36-37-38-39-40-41-42-43-44-46-47-49-51-53-56-59-62-65-71(74)77-68-69(67-76-70(73)64-61-58-55-18-15-12-9-6-3)78-72(75)66-63-60-57-54-52-50-48-45-26-24-22-20-17-14-11-8-5-2/h7-8,10-11,16-17,19-20,23-26,28-29,31-32,34-35,37-38,40-41,48,50,54,57,69H,4-6,9,12-15,18,21-22,27,30,33,36,39,42-47,49,51-53,55-56,58-68H2,1-3H3/b10-7-,11-8-,19-16-,20-17-,25-23-,26-24-,29-28-,32-31-,35-34-,38-37-,41-40-,50-48-,57-54-. The van der Waals surface area contributed by atoms with Crippen molar-refractivity contribution in [3.63, 3.8) is 0 Å². The van der Waals surface area contributed by atoms with E-state index >= 15 is 0 Å². The summed E-state index contributed by atoms with van der Waals surface area (Å²) in [7, 11) is 0. The number of rotatable bonds is 55. The Morgan fingerprint density at radius 2 is 0.513 bits per heavy atom. The van der Waals surface area contributed by atoms with E-state index in [1.165, 1.54) is 77.0 Å². The summed E-state index contributed by atoms with van der Waals surface area (Å²) in [5.74, 6) is -0.978. The Morgan fingerprint density at radius 3 is 0.821 bits per heavy atom. The minimum atomic E-state index is -0.813. The van der Waals surface area contributed by atoms with Crippen LogP contribution >= 0.6 is 0 Å². The quantitative estimate of drug-likeness (QED) is 0.0261. The van der Waals surface area contributed by atoms with Crippen molar-refractivity contribution in [3.8, 4) is 0 Å². The molecule has 1 unspecified atom stereocenters. The lowest BCUT2D eigenvalue weighted by Crippen LogP contribution is -2.30. The summed E-state index contributed by atoms with van der Waals surface area (Å²) in [5, 5.41) is 0. The highest BCUT2D eigenvalue weighted by Crippen LogP contribution is 2.14. The molecule has 6 nitrogen and oxygen atoms in total. The summed E-state index contributed by atoms with van der Waals surface area (Å²) in [6.07, 6.45) is 94.2. The fourth-order valence-corrected chi connectivity index (χ4v) is 8.14. The highest BCUT2D eigenvalue weighted by molar-refractivity contribution is 5.71. The van der Waals surface area contributed by atoms with Crippen LogP contribution in [-0.2, 0) is 28.6 Å². The maximum Gasteiger partial charge on any atom is 0.306 e. The molecule has 0 aliphatic carbocycles. The highest BCUT2D eigenvalue weighted by atomic mass is 16.6. The average molecular weight is 1080 g/mol. The van der Waals surface area contributed by atoms with Gasteiger partial charge in [0.1, 0.15) is 13.2 Å². The Kier molecular flexibility index (Phi) is 60.4. The maximum absolute atomic E-state index is 12.8. The van der Waals surface area contributed by atoms with Crippen molar-refractivity contribution >= 4 is 17.9 Å². The second-order valence-electron chi connectivity index (χ2n) is 20.2. The zero-order valence-corrected chi connectivity index (χ0v) is 50.1. The lowest BCUT2D eigenvalue weighted by Gasteiger charge is -2.18. The van der Waals surface area contributed by atoms with Crippen molar-refractivity contribution in [2.45, 2.75) is 264 Å². The van der Waals surface area contributed by atoms with Crippen LogP contribution in [0.15, 0.2) is 158 Å². The predicted octanol–water partition coefficient (Wildman–Crippen LogP) is 21.7. The normalized spacial score (nSPS) is 13.2.